The van der Waals surface area contributed by atoms with Gasteiger partial charge in [0.1, 0.15) is 17.0 Å². The topological polar surface area (TPSA) is 105 Å². The maximum absolute atomic E-state index is 12.7. The lowest BCUT2D eigenvalue weighted by atomic mass is 9.98. The SMILES string of the molecule is O=C(O)CCC(NC(=O)OCC1c2ccccc2-c2ccccc21)C(=O)Nc1ccsc1Cl. The third-order valence-corrected chi connectivity index (χ3v) is 6.64. The number of benzene rings is 2. The van der Waals surface area contributed by atoms with Gasteiger partial charge in [-0.15, -0.1) is 11.3 Å². The maximum atomic E-state index is 12.7. The van der Waals surface area contributed by atoms with Gasteiger partial charge in [0, 0.05) is 12.3 Å². The summed E-state index contributed by atoms with van der Waals surface area (Å²) in [4.78, 5) is 36.3. The zero-order valence-electron chi connectivity index (χ0n) is 17.4. The lowest BCUT2D eigenvalue weighted by Crippen LogP contribution is -2.44. The summed E-state index contributed by atoms with van der Waals surface area (Å²) in [6.45, 7) is 0.0868. The summed E-state index contributed by atoms with van der Waals surface area (Å²) >= 11 is 7.27. The molecule has 0 saturated carbocycles. The molecule has 2 aromatic carbocycles. The summed E-state index contributed by atoms with van der Waals surface area (Å²) in [5, 5.41) is 15.8. The summed E-state index contributed by atoms with van der Waals surface area (Å²) in [6, 6.07) is 16.5. The van der Waals surface area contributed by atoms with Crippen LogP contribution in [-0.2, 0) is 14.3 Å². The number of carboxylic acids is 1. The molecule has 1 unspecified atom stereocenters. The molecule has 9 heteroatoms. The van der Waals surface area contributed by atoms with Crippen molar-refractivity contribution in [3.63, 3.8) is 0 Å². The predicted molar refractivity (Wildman–Crippen MR) is 127 cm³/mol. The van der Waals surface area contributed by atoms with E-state index in [1.807, 2.05) is 48.5 Å². The fraction of sp³-hybridized carbons (Fsp3) is 0.208. The van der Waals surface area contributed by atoms with Crippen LogP contribution in [0.3, 0.4) is 0 Å². The number of ether oxygens (including phenoxy) is 1. The number of hydrogen-bond donors (Lipinski definition) is 3. The second kappa shape index (κ2) is 10.1. The molecule has 0 spiro atoms. The summed E-state index contributed by atoms with van der Waals surface area (Å²) in [5.41, 5.74) is 4.75. The lowest BCUT2D eigenvalue weighted by Gasteiger charge is -2.19. The average molecular weight is 485 g/mol. The van der Waals surface area contributed by atoms with E-state index in [1.165, 1.54) is 11.3 Å². The molecule has 4 rings (SSSR count). The summed E-state index contributed by atoms with van der Waals surface area (Å²) in [7, 11) is 0. The molecular formula is C24H21ClN2O5S. The Labute approximate surface area is 199 Å². The number of carboxylic acid groups (broad SMARTS) is 1. The van der Waals surface area contributed by atoms with Crippen molar-refractivity contribution >= 4 is 46.6 Å². The molecule has 170 valence electrons. The second-order valence-corrected chi connectivity index (χ2v) is 9.07. The van der Waals surface area contributed by atoms with Crippen molar-refractivity contribution in [2.45, 2.75) is 24.8 Å². The molecule has 1 heterocycles. The molecule has 0 bridgehead atoms. The Bertz CT molecular complexity index is 1150. The molecule has 3 aromatic rings. The second-order valence-electron chi connectivity index (χ2n) is 7.55. The number of anilines is 1. The first kappa shape index (κ1) is 22.8. The average Bonchev–Trinajstić information content (AvgIpc) is 3.35. The van der Waals surface area contributed by atoms with E-state index in [4.69, 9.17) is 21.4 Å². The first-order valence-electron chi connectivity index (χ1n) is 10.3. The van der Waals surface area contributed by atoms with Gasteiger partial charge in [0.15, 0.2) is 0 Å². The van der Waals surface area contributed by atoms with Crippen molar-refractivity contribution in [3.8, 4) is 11.1 Å². The van der Waals surface area contributed by atoms with Crippen LogP contribution in [0.4, 0.5) is 10.5 Å². The Morgan fingerprint density at radius 3 is 2.24 bits per heavy atom. The maximum Gasteiger partial charge on any atom is 0.407 e. The van der Waals surface area contributed by atoms with Crippen LogP contribution in [0, 0.1) is 0 Å². The van der Waals surface area contributed by atoms with Crippen molar-refractivity contribution < 1.29 is 24.2 Å². The van der Waals surface area contributed by atoms with Crippen LogP contribution in [0.5, 0.6) is 0 Å². The van der Waals surface area contributed by atoms with E-state index in [9.17, 15) is 14.4 Å². The Kier molecular flexibility index (Phi) is 6.96. The molecule has 7 nitrogen and oxygen atoms in total. The number of thiophene rings is 1. The molecule has 0 radical (unpaired) electrons. The molecular weight excluding hydrogens is 464 g/mol. The number of alkyl carbamates (subject to hydrolysis) is 1. The van der Waals surface area contributed by atoms with E-state index in [0.717, 1.165) is 22.3 Å². The normalized spacial score (nSPS) is 13.0. The van der Waals surface area contributed by atoms with E-state index >= 15 is 0 Å². The lowest BCUT2D eigenvalue weighted by molar-refractivity contribution is -0.137. The number of aliphatic carboxylic acids is 1. The van der Waals surface area contributed by atoms with Crippen LogP contribution >= 0.6 is 22.9 Å². The highest BCUT2D eigenvalue weighted by Crippen LogP contribution is 2.44. The van der Waals surface area contributed by atoms with Gasteiger partial charge < -0.3 is 20.5 Å². The van der Waals surface area contributed by atoms with Gasteiger partial charge in [0.2, 0.25) is 5.91 Å². The van der Waals surface area contributed by atoms with Crippen molar-refractivity contribution in [2.75, 3.05) is 11.9 Å². The zero-order valence-corrected chi connectivity index (χ0v) is 19.0. The Hall–Kier alpha value is -3.36. The summed E-state index contributed by atoms with van der Waals surface area (Å²) < 4.78 is 5.87. The molecule has 1 aliphatic carbocycles. The van der Waals surface area contributed by atoms with Crippen LogP contribution in [-0.4, -0.2) is 35.7 Å². The van der Waals surface area contributed by atoms with Crippen LogP contribution in [0.15, 0.2) is 60.0 Å². The molecule has 2 amide bonds. The smallest absolute Gasteiger partial charge is 0.407 e. The van der Waals surface area contributed by atoms with E-state index in [-0.39, 0.29) is 25.4 Å². The Morgan fingerprint density at radius 2 is 1.67 bits per heavy atom. The highest BCUT2D eigenvalue weighted by atomic mass is 35.5. The highest BCUT2D eigenvalue weighted by molar-refractivity contribution is 7.15. The number of rotatable bonds is 8. The van der Waals surface area contributed by atoms with E-state index in [0.29, 0.717) is 10.0 Å². The van der Waals surface area contributed by atoms with Crippen molar-refractivity contribution in [1.29, 1.82) is 0 Å². The number of amides is 2. The van der Waals surface area contributed by atoms with Crippen LogP contribution < -0.4 is 10.6 Å². The Balaban J connectivity index is 1.43. The van der Waals surface area contributed by atoms with E-state index in [2.05, 4.69) is 10.6 Å². The number of carbonyl (C=O) groups is 3. The van der Waals surface area contributed by atoms with Gasteiger partial charge in [0.25, 0.3) is 0 Å². The number of nitrogens with one attached hydrogen (secondary N) is 2. The Morgan fingerprint density at radius 1 is 1.03 bits per heavy atom. The first-order chi connectivity index (χ1) is 15.9. The van der Waals surface area contributed by atoms with Crippen molar-refractivity contribution in [3.05, 3.63) is 75.4 Å². The minimum Gasteiger partial charge on any atom is -0.481 e. The van der Waals surface area contributed by atoms with Gasteiger partial charge in [-0.3, -0.25) is 9.59 Å². The number of hydrogen-bond acceptors (Lipinski definition) is 5. The van der Waals surface area contributed by atoms with E-state index < -0.39 is 24.0 Å². The predicted octanol–water partition coefficient (Wildman–Crippen LogP) is 5.11. The molecule has 3 N–H and O–H groups in total. The quantitative estimate of drug-likeness (QED) is 0.412. The van der Waals surface area contributed by atoms with Gasteiger partial charge in [-0.1, -0.05) is 60.1 Å². The molecule has 1 aliphatic rings. The fourth-order valence-corrected chi connectivity index (χ4v) is 4.75. The van der Waals surface area contributed by atoms with Crippen molar-refractivity contribution in [2.24, 2.45) is 0 Å². The van der Waals surface area contributed by atoms with Gasteiger partial charge in [-0.25, -0.2) is 4.79 Å². The third-order valence-electron chi connectivity index (χ3n) is 5.47. The number of fused-ring (bicyclic) bond motifs is 3. The minimum absolute atomic E-state index is 0.0868. The number of carbonyl (C=O) groups excluding carboxylic acids is 2. The first-order valence-corrected chi connectivity index (χ1v) is 11.6. The van der Waals surface area contributed by atoms with Crippen molar-refractivity contribution in [1.82, 2.24) is 5.32 Å². The molecule has 1 atom stereocenters. The summed E-state index contributed by atoms with van der Waals surface area (Å²) in [6.07, 6.45) is -1.18. The van der Waals surface area contributed by atoms with Crippen LogP contribution in [0.2, 0.25) is 4.34 Å². The molecule has 33 heavy (non-hydrogen) atoms. The summed E-state index contributed by atoms with van der Waals surface area (Å²) in [5.74, 6) is -1.76. The monoisotopic (exact) mass is 484 g/mol. The van der Waals surface area contributed by atoms with Crippen LogP contribution in [0.25, 0.3) is 11.1 Å². The standard InChI is InChI=1S/C24H21ClN2O5S/c25-22-19(11-12-33-22)26-23(30)20(9-10-21(28)29)27-24(31)32-13-18-16-7-3-1-5-14(16)15-6-2-4-8-17(15)18/h1-8,11-12,18,20H,9-10,13H2,(H,26,30)(H,27,31)(H,28,29). The van der Waals surface area contributed by atoms with E-state index in [1.54, 1.807) is 11.4 Å². The molecule has 0 saturated heterocycles. The third kappa shape index (κ3) is 5.18. The molecule has 0 fully saturated rings. The van der Waals surface area contributed by atoms with Gasteiger partial charge in [0.05, 0.1) is 5.69 Å². The number of halogens is 1. The fourth-order valence-electron chi connectivity index (χ4n) is 3.92. The van der Waals surface area contributed by atoms with Crippen LogP contribution in [0.1, 0.15) is 29.9 Å². The minimum atomic E-state index is -1.09. The largest absolute Gasteiger partial charge is 0.481 e. The zero-order chi connectivity index (χ0) is 23.4. The molecule has 1 aromatic heterocycles. The molecule has 0 aliphatic heterocycles. The van der Waals surface area contributed by atoms with Gasteiger partial charge in [-0.2, -0.15) is 0 Å². The van der Waals surface area contributed by atoms with Gasteiger partial charge in [-0.05, 0) is 40.1 Å². The van der Waals surface area contributed by atoms with Gasteiger partial charge >= 0.3 is 12.1 Å². The highest BCUT2D eigenvalue weighted by Gasteiger charge is 2.30.